The summed E-state index contributed by atoms with van der Waals surface area (Å²) in [5.41, 5.74) is 8.33. The highest BCUT2D eigenvalue weighted by molar-refractivity contribution is 5.79. The topological polar surface area (TPSA) is 67.3 Å². The van der Waals surface area contributed by atoms with Crippen LogP contribution in [0.2, 0.25) is 0 Å². The minimum Gasteiger partial charge on any atom is -0.389 e. The van der Waals surface area contributed by atoms with E-state index in [-0.39, 0.29) is 0 Å². The largest absolute Gasteiger partial charge is 0.389 e. The van der Waals surface area contributed by atoms with Crippen molar-refractivity contribution in [3.8, 4) is 0 Å². The average Bonchev–Trinajstić information content (AvgIpc) is 2.63. The van der Waals surface area contributed by atoms with Gasteiger partial charge in [0.25, 0.3) is 0 Å². The molecule has 0 spiro atoms. The molecule has 0 amide bonds. The number of fused-ring (bicyclic) bond motifs is 1. The van der Waals surface area contributed by atoms with Gasteiger partial charge in [0.2, 0.25) is 5.95 Å². The van der Waals surface area contributed by atoms with E-state index in [0.29, 0.717) is 12.5 Å². The summed E-state index contributed by atoms with van der Waals surface area (Å²) in [6.07, 6.45) is 2.16. The molecule has 0 unspecified atom stereocenters. The summed E-state index contributed by atoms with van der Waals surface area (Å²) < 4.78 is 1.87. The number of aromatic nitrogens is 2. The van der Waals surface area contributed by atoms with Gasteiger partial charge in [-0.3, -0.25) is 0 Å². The molecule has 1 heterocycles. The number of anilines is 1. The SMILES string of the molecule is CN(C)CCCc1ccc2c(c1)nc(N)n2CC(C)(C)O. The van der Waals surface area contributed by atoms with E-state index in [1.807, 2.05) is 4.57 Å². The molecule has 0 radical (unpaired) electrons. The van der Waals surface area contributed by atoms with Gasteiger partial charge in [-0.05, 0) is 65.0 Å². The van der Waals surface area contributed by atoms with Gasteiger partial charge >= 0.3 is 0 Å². The molecular weight excluding hydrogens is 264 g/mol. The van der Waals surface area contributed by atoms with Gasteiger partial charge in [0.05, 0.1) is 23.2 Å². The van der Waals surface area contributed by atoms with E-state index in [1.165, 1.54) is 5.56 Å². The second kappa shape index (κ2) is 6.03. The smallest absolute Gasteiger partial charge is 0.201 e. The van der Waals surface area contributed by atoms with Crippen molar-refractivity contribution in [1.82, 2.24) is 14.5 Å². The maximum atomic E-state index is 9.99. The van der Waals surface area contributed by atoms with Gasteiger partial charge in [0.15, 0.2) is 0 Å². The summed E-state index contributed by atoms with van der Waals surface area (Å²) in [5, 5.41) is 9.99. The van der Waals surface area contributed by atoms with Crippen LogP contribution in [0.15, 0.2) is 18.2 Å². The Kier molecular flexibility index (Phi) is 4.54. The third kappa shape index (κ3) is 4.19. The lowest BCUT2D eigenvalue weighted by Gasteiger charge is -2.19. The first-order chi connectivity index (χ1) is 9.76. The van der Waals surface area contributed by atoms with Crippen molar-refractivity contribution in [3.05, 3.63) is 23.8 Å². The van der Waals surface area contributed by atoms with E-state index >= 15 is 0 Å². The molecule has 5 heteroatoms. The third-order valence-electron chi connectivity index (χ3n) is 3.46. The second-order valence-electron chi connectivity index (χ2n) is 6.60. The lowest BCUT2D eigenvalue weighted by Crippen LogP contribution is -2.26. The number of benzene rings is 1. The van der Waals surface area contributed by atoms with Crippen molar-refractivity contribution >= 4 is 17.0 Å². The Morgan fingerprint density at radius 2 is 2.05 bits per heavy atom. The van der Waals surface area contributed by atoms with Crippen LogP contribution in [0.5, 0.6) is 0 Å². The second-order valence-corrected chi connectivity index (χ2v) is 6.60. The zero-order valence-electron chi connectivity index (χ0n) is 13.4. The maximum Gasteiger partial charge on any atom is 0.201 e. The molecule has 0 aliphatic rings. The number of hydrogen-bond acceptors (Lipinski definition) is 4. The summed E-state index contributed by atoms with van der Waals surface area (Å²) >= 11 is 0. The molecule has 116 valence electrons. The van der Waals surface area contributed by atoms with E-state index < -0.39 is 5.60 Å². The molecule has 0 saturated heterocycles. The van der Waals surface area contributed by atoms with Crippen LogP contribution < -0.4 is 5.73 Å². The van der Waals surface area contributed by atoms with Gasteiger partial charge in [-0.1, -0.05) is 6.07 Å². The molecule has 21 heavy (non-hydrogen) atoms. The Morgan fingerprint density at radius 1 is 1.33 bits per heavy atom. The standard InChI is InChI=1S/C16H26N4O/c1-16(2,21)11-20-14-8-7-12(6-5-9-19(3)4)10-13(14)18-15(20)17/h7-8,10,21H,5-6,9,11H2,1-4H3,(H2,17,18). The fraction of sp³-hybridized carbons (Fsp3) is 0.562. The van der Waals surface area contributed by atoms with Gasteiger partial charge in [-0.15, -0.1) is 0 Å². The minimum absolute atomic E-state index is 0.440. The zero-order valence-corrected chi connectivity index (χ0v) is 13.4. The molecule has 0 saturated carbocycles. The van der Waals surface area contributed by atoms with E-state index in [2.05, 4.69) is 42.2 Å². The van der Waals surface area contributed by atoms with E-state index in [9.17, 15) is 5.11 Å². The first kappa shape index (κ1) is 15.8. The lowest BCUT2D eigenvalue weighted by atomic mass is 10.1. The number of aliphatic hydroxyl groups is 1. The maximum absolute atomic E-state index is 9.99. The van der Waals surface area contributed by atoms with Crippen molar-refractivity contribution in [3.63, 3.8) is 0 Å². The third-order valence-corrected chi connectivity index (χ3v) is 3.46. The van der Waals surface area contributed by atoms with Crippen LogP contribution in [0.1, 0.15) is 25.8 Å². The number of nitrogens with two attached hydrogens (primary N) is 1. The lowest BCUT2D eigenvalue weighted by molar-refractivity contribution is 0.0633. The number of aryl methyl sites for hydroxylation is 1. The molecule has 0 atom stereocenters. The summed E-state index contributed by atoms with van der Waals surface area (Å²) in [5.74, 6) is 0.456. The van der Waals surface area contributed by atoms with Gasteiger partial charge in [-0.2, -0.15) is 0 Å². The minimum atomic E-state index is -0.813. The Hall–Kier alpha value is -1.59. The van der Waals surface area contributed by atoms with Crippen LogP contribution >= 0.6 is 0 Å². The molecule has 0 fully saturated rings. The number of hydrogen-bond donors (Lipinski definition) is 2. The van der Waals surface area contributed by atoms with Crippen LogP contribution in [-0.2, 0) is 13.0 Å². The Labute approximate surface area is 126 Å². The highest BCUT2D eigenvalue weighted by Gasteiger charge is 2.18. The van der Waals surface area contributed by atoms with E-state index in [4.69, 9.17) is 5.73 Å². The molecule has 0 aliphatic heterocycles. The fourth-order valence-electron chi connectivity index (χ4n) is 2.50. The molecule has 1 aromatic carbocycles. The number of nitrogen functional groups attached to an aromatic ring is 1. The molecule has 2 aromatic rings. The van der Waals surface area contributed by atoms with Crippen LogP contribution in [0.3, 0.4) is 0 Å². The van der Waals surface area contributed by atoms with Crippen molar-refractivity contribution in [2.75, 3.05) is 26.4 Å². The summed E-state index contributed by atoms with van der Waals surface area (Å²) in [4.78, 5) is 6.61. The quantitative estimate of drug-likeness (QED) is 0.852. The number of nitrogens with zero attached hydrogens (tertiary/aromatic N) is 3. The highest BCUT2D eigenvalue weighted by Crippen LogP contribution is 2.22. The Balaban J connectivity index is 2.21. The van der Waals surface area contributed by atoms with Crippen molar-refractivity contribution in [1.29, 1.82) is 0 Å². The summed E-state index contributed by atoms with van der Waals surface area (Å²) in [6, 6.07) is 6.28. The van der Waals surface area contributed by atoms with Gasteiger partial charge in [-0.25, -0.2) is 4.98 Å². The van der Waals surface area contributed by atoms with Crippen LogP contribution in [0, 0.1) is 0 Å². The van der Waals surface area contributed by atoms with E-state index in [0.717, 1.165) is 30.4 Å². The van der Waals surface area contributed by atoms with Crippen molar-refractivity contribution < 1.29 is 5.11 Å². The fourth-order valence-corrected chi connectivity index (χ4v) is 2.50. The van der Waals surface area contributed by atoms with E-state index in [1.54, 1.807) is 13.8 Å². The van der Waals surface area contributed by atoms with Crippen LogP contribution in [0.25, 0.3) is 11.0 Å². The summed E-state index contributed by atoms with van der Waals surface area (Å²) in [7, 11) is 4.17. The molecule has 5 nitrogen and oxygen atoms in total. The zero-order chi connectivity index (χ0) is 15.6. The first-order valence-electron chi connectivity index (χ1n) is 7.38. The molecule has 1 aromatic heterocycles. The Morgan fingerprint density at radius 3 is 2.67 bits per heavy atom. The summed E-state index contributed by atoms with van der Waals surface area (Å²) in [6.45, 7) is 5.06. The van der Waals surface area contributed by atoms with Gasteiger partial charge in [0, 0.05) is 0 Å². The molecule has 2 rings (SSSR count). The first-order valence-corrected chi connectivity index (χ1v) is 7.38. The predicted octanol–water partition coefficient (Wildman–Crippen LogP) is 1.88. The number of imidazole rings is 1. The molecular formula is C16H26N4O. The Bertz CT molecular complexity index is 610. The average molecular weight is 290 g/mol. The molecule has 0 bridgehead atoms. The van der Waals surface area contributed by atoms with Crippen LogP contribution in [-0.4, -0.2) is 45.8 Å². The highest BCUT2D eigenvalue weighted by atomic mass is 16.3. The molecule has 3 N–H and O–H groups in total. The van der Waals surface area contributed by atoms with Crippen molar-refractivity contribution in [2.24, 2.45) is 0 Å². The molecule has 0 aliphatic carbocycles. The monoisotopic (exact) mass is 290 g/mol. The predicted molar refractivity (Wildman–Crippen MR) is 87.3 cm³/mol. The van der Waals surface area contributed by atoms with Crippen molar-refractivity contribution in [2.45, 2.75) is 38.8 Å². The number of rotatable bonds is 6. The van der Waals surface area contributed by atoms with Gasteiger partial charge in [0.1, 0.15) is 0 Å². The normalized spacial score (nSPS) is 12.5. The van der Waals surface area contributed by atoms with Crippen LogP contribution in [0.4, 0.5) is 5.95 Å². The van der Waals surface area contributed by atoms with Gasteiger partial charge < -0.3 is 20.3 Å².